The minimum atomic E-state index is 0.295. The summed E-state index contributed by atoms with van der Waals surface area (Å²) >= 11 is 0. The molecule has 150 valence electrons. The van der Waals surface area contributed by atoms with E-state index in [1.54, 1.807) is 26.6 Å². The van der Waals surface area contributed by atoms with E-state index in [0.29, 0.717) is 11.9 Å². The highest BCUT2D eigenvalue weighted by Gasteiger charge is 2.24. The van der Waals surface area contributed by atoms with Gasteiger partial charge in [-0.1, -0.05) is 0 Å². The summed E-state index contributed by atoms with van der Waals surface area (Å²) in [4.78, 5) is 15.7. The Morgan fingerprint density at radius 1 is 1.07 bits per heavy atom. The molecule has 1 saturated heterocycles. The Morgan fingerprint density at radius 3 is 2.55 bits per heavy atom. The average Bonchev–Trinajstić information content (AvgIpc) is 3.22. The van der Waals surface area contributed by atoms with Gasteiger partial charge in [0.05, 0.1) is 14.2 Å². The Kier molecular flexibility index (Phi) is 5.46. The van der Waals surface area contributed by atoms with E-state index in [2.05, 4.69) is 20.2 Å². The van der Waals surface area contributed by atoms with Crippen LogP contribution in [0.3, 0.4) is 0 Å². The highest BCUT2D eigenvalue weighted by atomic mass is 16.5. The molecule has 1 aromatic carbocycles. The molecule has 0 bridgehead atoms. The number of ether oxygens (including phenoxy) is 2. The van der Waals surface area contributed by atoms with Crippen LogP contribution in [0.15, 0.2) is 48.8 Å². The minimum Gasteiger partial charge on any atom is -0.497 e. The van der Waals surface area contributed by atoms with Gasteiger partial charge in [-0.15, -0.1) is 0 Å². The summed E-state index contributed by atoms with van der Waals surface area (Å²) in [5.41, 5.74) is 2.94. The number of hydrogen-bond acceptors (Lipinski definition) is 7. The van der Waals surface area contributed by atoms with Crippen molar-refractivity contribution in [3.05, 3.63) is 54.5 Å². The van der Waals surface area contributed by atoms with Crippen LogP contribution in [0.5, 0.6) is 11.5 Å². The van der Waals surface area contributed by atoms with Crippen LogP contribution < -0.4 is 19.7 Å². The van der Waals surface area contributed by atoms with Crippen LogP contribution in [0.25, 0.3) is 11.4 Å². The zero-order valence-electron chi connectivity index (χ0n) is 16.9. The summed E-state index contributed by atoms with van der Waals surface area (Å²) in [5, 5.41) is 3.57. The van der Waals surface area contributed by atoms with E-state index in [1.165, 1.54) is 0 Å². The molecule has 4 rings (SSSR count). The van der Waals surface area contributed by atoms with Crippen molar-refractivity contribution in [2.45, 2.75) is 19.4 Å². The van der Waals surface area contributed by atoms with E-state index in [-0.39, 0.29) is 0 Å². The Bertz CT molecular complexity index is 958. The summed E-state index contributed by atoms with van der Waals surface area (Å²) < 4.78 is 10.8. The van der Waals surface area contributed by atoms with Gasteiger partial charge < -0.3 is 19.7 Å². The normalized spacial score (nSPS) is 16.0. The Labute approximate surface area is 170 Å². The molecule has 1 aliphatic heterocycles. The molecule has 3 aromatic rings. The summed E-state index contributed by atoms with van der Waals surface area (Å²) in [5.74, 6) is 3.12. The van der Waals surface area contributed by atoms with Crippen molar-refractivity contribution in [2.24, 2.45) is 0 Å². The molecule has 2 aromatic heterocycles. The van der Waals surface area contributed by atoms with Gasteiger partial charge in [0.25, 0.3) is 0 Å². The number of benzene rings is 1. The second-order valence-electron chi connectivity index (χ2n) is 7.11. The van der Waals surface area contributed by atoms with Gasteiger partial charge in [-0.3, -0.25) is 4.98 Å². The van der Waals surface area contributed by atoms with E-state index in [0.717, 1.165) is 53.8 Å². The molecule has 0 spiro atoms. The minimum absolute atomic E-state index is 0.295. The molecule has 1 unspecified atom stereocenters. The van der Waals surface area contributed by atoms with E-state index in [1.807, 2.05) is 43.3 Å². The molecule has 0 aliphatic carbocycles. The van der Waals surface area contributed by atoms with Crippen LogP contribution in [0.1, 0.15) is 12.1 Å². The van der Waals surface area contributed by atoms with E-state index >= 15 is 0 Å². The highest BCUT2D eigenvalue weighted by molar-refractivity contribution is 5.58. The number of pyridine rings is 1. The maximum atomic E-state index is 5.40. The molecular weight excluding hydrogens is 366 g/mol. The SMILES string of the molecule is COc1cc(OC)cc(N2CCC(Nc3cc(C)nc(-c4cccnc4)n3)C2)c1. The third-order valence-electron chi connectivity index (χ3n) is 5.02. The zero-order valence-corrected chi connectivity index (χ0v) is 16.9. The monoisotopic (exact) mass is 391 g/mol. The standard InChI is InChI=1S/C22H25N5O2/c1-15-9-21(26-22(24-15)16-5-4-7-23-13-16)25-17-6-8-27(14-17)18-10-19(28-2)12-20(11-18)29-3/h4-5,7,9-13,17H,6,8,14H2,1-3H3,(H,24,25,26). The van der Waals surface area contributed by atoms with E-state index in [9.17, 15) is 0 Å². The number of hydrogen-bond donors (Lipinski definition) is 1. The Balaban J connectivity index is 1.49. The van der Waals surface area contributed by atoms with Gasteiger partial charge in [0, 0.05) is 72.7 Å². The number of methoxy groups -OCH3 is 2. The van der Waals surface area contributed by atoms with Crippen molar-refractivity contribution in [2.75, 3.05) is 37.5 Å². The fourth-order valence-corrected chi connectivity index (χ4v) is 3.56. The third kappa shape index (κ3) is 4.39. The molecular formula is C22H25N5O2. The van der Waals surface area contributed by atoms with Crippen LogP contribution in [0.2, 0.25) is 0 Å². The summed E-state index contributed by atoms with van der Waals surface area (Å²) in [7, 11) is 3.34. The van der Waals surface area contributed by atoms with E-state index < -0.39 is 0 Å². The number of nitrogens with zero attached hydrogens (tertiary/aromatic N) is 4. The lowest BCUT2D eigenvalue weighted by Crippen LogP contribution is -2.26. The molecule has 7 heteroatoms. The summed E-state index contributed by atoms with van der Waals surface area (Å²) in [6.45, 7) is 3.81. The highest BCUT2D eigenvalue weighted by Crippen LogP contribution is 2.31. The molecule has 1 atom stereocenters. The Morgan fingerprint density at radius 2 is 1.86 bits per heavy atom. The van der Waals surface area contributed by atoms with Crippen molar-refractivity contribution in [1.82, 2.24) is 15.0 Å². The van der Waals surface area contributed by atoms with Crippen molar-refractivity contribution >= 4 is 11.5 Å². The zero-order chi connectivity index (χ0) is 20.2. The van der Waals surface area contributed by atoms with Crippen LogP contribution in [-0.2, 0) is 0 Å². The quantitative estimate of drug-likeness (QED) is 0.689. The number of aromatic nitrogens is 3. The predicted molar refractivity (Wildman–Crippen MR) is 114 cm³/mol. The molecule has 3 heterocycles. The van der Waals surface area contributed by atoms with Gasteiger partial charge in [0.2, 0.25) is 0 Å². The van der Waals surface area contributed by atoms with Crippen LogP contribution in [-0.4, -0.2) is 48.3 Å². The predicted octanol–water partition coefficient (Wildman–Crippen LogP) is 3.56. The topological polar surface area (TPSA) is 72.4 Å². The molecule has 1 aliphatic rings. The lowest BCUT2D eigenvalue weighted by atomic mass is 10.2. The van der Waals surface area contributed by atoms with Crippen LogP contribution in [0, 0.1) is 6.92 Å². The molecule has 7 nitrogen and oxygen atoms in total. The smallest absolute Gasteiger partial charge is 0.163 e. The maximum absolute atomic E-state index is 5.40. The van der Waals surface area contributed by atoms with Gasteiger partial charge in [0.15, 0.2) is 5.82 Å². The molecule has 1 N–H and O–H groups in total. The van der Waals surface area contributed by atoms with Gasteiger partial charge in [-0.2, -0.15) is 0 Å². The Hall–Kier alpha value is -3.35. The average molecular weight is 391 g/mol. The number of nitrogens with one attached hydrogen (secondary N) is 1. The first-order valence-electron chi connectivity index (χ1n) is 9.65. The van der Waals surface area contributed by atoms with Crippen molar-refractivity contribution in [3.8, 4) is 22.9 Å². The second kappa shape index (κ2) is 8.34. The van der Waals surface area contributed by atoms with Crippen LogP contribution >= 0.6 is 0 Å². The van der Waals surface area contributed by atoms with Gasteiger partial charge in [-0.05, 0) is 25.5 Å². The molecule has 0 amide bonds. The second-order valence-corrected chi connectivity index (χ2v) is 7.11. The lowest BCUT2D eigenvalue weighted by molar-refractivity contribution is 0.394. The number of aryl methyl sites for hydroxylation is 1. The fourth-order valence-electron chi connectivity index (χ4n) is 3.56. The maximum Gasteiger partial charge on any atom is 0.163 e. The number of anilines is 2. The first kappa shape index (κ1) is 19.0. The van der Waals surface area contributed by atoms with Gasteiger partial charge in [-0.25, -0.2) is 9.97 Å². The molecule has 0 radical (unpaired) electrons. The van der Waals surface area contributed by atoms with Gasteiger partial charge in [0.1, 0.15) is 17.3 Å². The summed E-state index contributed by atoms with van der Waals surface area (Å²) in [6.07, 6.45) is 4.55. The largest absolute Gasteiger partial charge is 0.497 e. The van der Waals surface area contributed by atoms with Crippen molar-refractivity contribution in [1.29, 1.82) is 0 Å². The molecule has 0 saturated carbocycles. The van der Waals surface area contributed by atoms with Crippen molar-refractivity contribution < 1.29 is 9.47 Å². The first-order chi connectivity index (χ1) is 14.1. The third-order valence-corrected chi connectivity index (χ3v) is 5.02. The van der Waals surface area contributed by atoms with Crippen LogP contribution in [0.4, 0.5) is 11.5 Å². The first-order valence-corrected chi connectivity index (χ1v) is 9.65. The van der Waals surface area contributed by atoms with Crippen molar-refractivity contribution in [3.63, 3.8) is 0 Å². The lowest BCUT2D eigenvalue weighted by Gasteiger charge is -2.21. The summed E-state index contributed by atoms with van der Waals surface area (Å²) in [6, 6.07) is 12.1. The van der Waals surface area contributed by atoms with Gasteiger partial charge >= 0.3 is 0 Å². The molecule has 1 fully saturated rings. The fraction of sp³-hybridized carbons (Fsp3) is 0.318. The number of rotatable bonds is 6. The molecule has 29 heavy (non-hydrogen) atoms. The van der Waals surface area contributed by atoms with E-state index in [4.69, 9.17) is 14.5 Å².